The van der Waals surface area contributed by atoms with E-state index in [1.54, 1.807) is 43.5 Å². The Morgan fingerprint density at radius 1 is 1.03 bits per heavy atom. The van der Waals surface area contributed by atoms with Crippen LogP contribution >= 0.6 is 11.6 Å². The molecule has 1 aromatic heterocycles. The number of carbonyl (C=O) groups excluding carboxylic acids is 1. The first kappa shape index (κ1) is 22.3. The van der Waals surface area contributed by atoms with Gasteiger partial charge in [0.2, 0.25) is 0 Å². The molecular formula is C26H22ClN3O3. The lowest BCUT2D eigenvalue weighted by atomic mass is 10.0. The van der Waals surface area contributed by atoms with Crippen molar-refractivity contribution in [1.29, 1.82) is 0 Å². The summed E-state index contributed by atoms with van der Waals surface area (Å²) in [7, 11) is 1.55. The molecule has 33 heavy (non-hydrogen) atoms. The third-order valence-electron chi connectivity index (χ3n) is 5.06. The van der Waals surface area contributed by atoms with E-state index in [0.717, 1.165) is 22.2 Å². The minimum Gasteiger partial charge on any atom is -0.493 e. The summed E-state index contributed by atoms with van der Waals surface area (Å²) in [4.78, 5) is 17.1. The number of hydrazine groups is 1. The number of halogens is 1. The zero-order valence-electron chi connectivity index (χ0n) is 17.9. The van der Waals surface area contributed by atoms with Crippen molar-refractivity contribution in [3.8, 4) is 11.5 Å². The Labute approximate surface area is 196 Å². The van der Waals surface area contributed by atoms with E-state index in [0.29, 0.717) is 27.7 Å². The van der Waals surface area contributed by atoms with Gasteiger partial charge in [0.1, 0.15) is 6.61 Å². The number of aromatic nitrogens is 1. The van der Waals surface area contributed by atoms with Gasteiger partial charge in [-0.1, -0.05) is 54.1 Å². The molecule has 0 radical (unpaired) electrons. The Balaban J connectivity index is 1.59. The van der Waals surface area contributed by atoms with Crippen molar-refractivity contribution >= 4 is 40.1 Å². The van der Waals surface area contributed by atoms with Crippen LogP contribution in [0.25, 0.3) is 22.6 Å². The van der Waals surface area contributed by atoms with Crippen molar-refractivity contribution in [2.24, 2.45) is 5.84 Å². The number of methoxy groups -OCH3 is 1. The molecule has 7 heteroatoms. The van der Waals surface area contributed by atoms with Crippen molar-refractivity contribution in [2.75, 3.05) is 7.11 Å². The number of nitrogens with two attached hydrogens (primary N) is 1. The molecule has 0 aliphatic rings. The molecule has 0 spiro atoms. The molecule has 0 saturated carbocycles. The standard InChI is InChI=1S/C26H22ClN3O3/c1-32-25-15-19(22(26(31)30-28)14-17-6-10-20(27)11-7-17)9-13-24(25)33-16-21-12-8-18-4-2-3-5-23(18)29-21/h2-15H,16,28H2,1H3,(H,30,31)/b22-14+. The van der Waals surface area contributed by atoms with Crippen LogP contribution < -0.4 is 20.7 Å². The first-order chi connectivity index (χ1) is 16.1. The Morgan fingerprint density at radius 3 is 2.58 bits per heavy atom. The van der Waals surface area contributed by atoms with E-state index in [-0.39, 0.29) is 6.61 Å². The minimum absolute atomic E-state index is 0.275. The Morgan fingerprint density at radius 2 is 1.82 bits per heavy atom. The van der Waals surface area contributed by atoms with Crippen molar-refractivity contribution in [3.63, 3.8) is 0 Å². The number of rotatable bonds is 7. The smallest absolute Gasteiger partial charge is 0.265 e. The fourth-order valence-electron chi connectivity index (χ4n) is 3.38. The Hall–Kier alpha value is -3.87. The van der Waals surface area contributed by atoms with Gasteiger partial charge in [-0.25, -0.2) is 10.8 Å². The quantitative estimate of drug-likeness (QED) is 0.133. The summed E-state index contributed by atoms with van der Waals surface area (Å²) in [5.74, 6) is 6.01. The number of hydrogen-bond donors (Lipinski definition) is 2. The summed E-state index contributed by atoms with van der Waals surface area (Å²) >= 11 is 5.96. The highest BCUT2D eigenvalue weighted by Gasteiger charge is 2.15. The molecule has 3 aromatic carbocycles. The monoisotopic (exact) mass is 459 g/mol. The number of pyridine rings is 1. The van der Waals surface area contributed by atoms with E-state index >= 15 is 0 Å². The SMILES string of the molecule is COc1cc(/C(=C\c2ccc(Cl)cc2)C(=O)NN)ccc1OCc1ccc2ccccc2n1. The molecule has 6 nitrogen and oxygen atoms in total. The molecule has 1 heterocycles. The first-order valence-corrected chi connectivity index (χ1v) is 10.6. The minimum atomic E-state index is -0.430. The average molecular weight is 460 g/mol. The zero-order valence-corrected chi connectivity index (χ0v) is 18.7. The second-order valence-electron chi connectivity index (χ2n) is 7.23. The van der Waals surface area contributed by atoms with Crippen LogP contribution in [0.4, 0.5) is 0 Å². The highest BCUT2D eigenvalue weighted by molar-refractivity contribution is 6.30. The molecule has 1 amide bonds. The van der Waals surface area contributed by atoms with E-state index in [2.05, 4.69) is 10.4 Å². The highest BCUT2D eigenvalue weighted by Crippen LogP contribution is 2.32. The number of nitrogens with one attached hydrogen (secondary N) is 1. The number of nitrogens with zero attached hydrogens (tertiary/aromatic N) is 1. The molecule has 0 bridgehead atoms. The van der Waals surface area contributed by atoms with E-state index < -0.39 is 5.91 Å². The third-order valence-corrected chi connectivity index (χ3v) is 5.31. The molecule has 0 fully saturated rings. The van der Waals surface area contributed by atoms with Gasteiger partial charge in [0.15, 0.2) is 11.5 Å². The first-order valence-electron chi connectivity index (χ1n) is 10.2. The summed E-state index contributed by atoms with van der Waals surface area (Å²) in [5.41, 5.74) is 5.71. The molecule has 0 aliphatic carbocycles. The van der Waals surface area contributed by atoms with Gasteiger partial charge in [-0.15, -0.1) is 0 Å². The molecular weight excluding hydrogens is 438 g/mol. The van der Waals surface area contributed by atoms with E-state index in [4.69, 9.17) is 26.9 Å². The normalized spacial score (nSPS) is 11.3. The van der Waals surface area contributed by atoms with Gasteiger partial charge in [0.05, 0.1) is 18.3 Å². The largest absolute Gasteiger partial charge is 0.493 e. The van der Waals surface area contributed by atoms with E-state index in [1.165, 1.54) is 0 Å². The maximum Gasteiger partial charge on any atom is 0.265 e. The van der Waals surface area contributed by atoms with Crippen LogP contribution in [0.5, 0.6) is 11.5 Å². The average Bonchev–Trinajstić information content (AvgIpc) is 2.86. The third kappa shape index (κ3) is 5.31. The van der Waals surface area contributed by atoms with Gasteiger partial charge >= 0.3 is 0 Å². The molecule has 3 N–H and O–H groups in total. The van der Waals surface area contributed by atoms with Crippen molar-refractivity contribution in [1.82, 2.24) is 10.4 Å². The molecule has 0 aliphatic heterocycles. The molecule has 4 aromatic rings. The van der Waals surface area contributed by atoms with Crippen LogP contribution in [-0.4, -0.2) is 18.0 Å². The van der Waals surface area contributed by atoms with Gasteiger partial charge in [-0.05, 0) is 53.6 Å². The van der Waals surface area contributed by atoms with Crippen molar-refractivity contribution < 1.29 is 14.3 Å². The van der Waals surface area contributed by atoms with Crippen molar-refractivity contribution in [3.05, 3.63) is 101 Å². The van der Waals surface area contributed by atoms with Gasteiger partial charge < -0.3 is 9.47 Å². The van der Waals surface area contributed by atoms with Crippen LogP contribution in [0.2, 0.25) is 5.02 Å². The molecule has 4 rings (SSSR count). The molecule has 166 valence electrons. The molecule has 0 atom stereocenters. The van der Waals surface area contributed by atoms with Gasteiger partial charge in [-0.3, -0.25) is 10.2 Å². The van der Waals surface area contributed by atoms with E-state index in [1.807, 2.05) is 48.5 Å². The maximum atomic E-state index is 12.5. The second-order valence-corrected chi connectivity index (χ2v) is 7.67. The van der Waals surface area contributed by atoms with Crippen LogP contribution in [-0.2, 0) is 11.4 Å². The number of ether oxygens (including phenoxy) is 2. The maximum absolute atomic E-state index is 12.5. The molecule has 0 unspecified atom stereocenters. The van der Waals surface area contributed by atoms with Crippen molar-refractivity contribution in [2.45, 2.75) is 6.61 Å². The number of fused-ring (bicyclic) bond motifs is 1. The number of para-hydroxylation sites is 1. The summed E-state index contributed by atoms with van der Waals surface area (Å²) in [6.45, 7) is 0.275. The summed E-state index contributed by atoms with van der Waals surface area (Å²) in [6.07, 6.45) is 1.73. The van der Waals surface area contributed by atoms with Crippen LogP contribution in [0.15, 0.2) is 78.9 Å². The lowest BCUT2D eigenvalue weighted by molar-refractivity contribution is -0.115. The zero-order chi connectivity index (χ0) is 23.2. The summed E-state index contributed by atoms with van der Waals surface area (Å²) < 4.78 is 11.5. The van der Waals surface area contributed by atoms with Crippen LogP contribution in [0, 0.1) is 0 Å². The number of carbonyl (C=O) groups is 1. The fourth-order valence-corrected chi connectivity index (χ4v) is 3.50. The highest BCUT2D eigenvalue weighted by atomic mass is 35.5. The van der Waals surface area contributed by atoms with E-state index in [9.17, 15) is 4.79 Å². The second kappa shape index (κ2) is 10.2. The molecule has 0 saturated heterocycles. The van der Waals surface area contributed by atoms with Gasteiger partial charge in [0.25, 0.3) is 5.91 Å². The Bertz CT molecular complexity index is 1320. The Kier molecular flexibility index (Phi) is 6.88. The number of benzene rings is 3. The summed E-state index contributed by atoms with van der Waals surface area (Å²) in [5, 5.41) is 1.68. The topological polar surface area (TPSA) is 86.5 Å². The predicted molar refractivity (Wildman–Crippen MR) is 131 cm³/mol. The number of hydrogen-bond acceptors (Lipinski definition) is 5. The summed E-state index contributed by atoms with van der Waals surface area (Å²) in [6, 6.07) is 24.3. The van der Waals surface area contributed by atoms with Crippen LogP contribution in [0.3, 0.4) is 0 Å². The van der Waals surface area contributed by atoms with Gasteiger partial charge in [0, 0.05) is 16.0 Å². The lowest BCUT2D eigenvalue weighted by Gasteiger charge is -2.14. The number of amides is 1. The fraction of sp³-hybridized carbons (Fsp3) is 0.0769. The predicted octanol–water partition coefficient (Wildman–Crippen LogP) is 5.01. The van der Waals surface area contributed by atoms with Crippen LogP contribution in [0.1, 0.15) is 16.8 Å². The van der Waals surface area contributed by atoms with Gasteiger partial charge in [-0.2, -0.15) is 0 Å². The lowest BCUT2D eigenvalue weighted by Crippen LogP contribution is -2.30.